The second-order valence-corrected chi connectivity index (χ2v) is 12.4. The molecule has 2 bridgehead atoms. The summed E-state index contributed by atoms with van der Waals surface area (Å²) in [7, 11) is 0. The van der Waals surface area contributed by atoms with Gasteiger partial charge in [-0.25, -0.2) is 15.0 Å². The highest BCUT2D eigenvalue weighted by Crippen LogP contribution is 2.49. The van der Waals surface area contributed by atoms with Crippen molar-refractivity contribution in [2.45, 2.75) is 65.2 Å². The highest BCUT2D eigenvalue weighted by Gasteiger charge is 2.41. The topological polar surface area (TPSA) is 67.3 Å². The van der Waals surface area contributed by atoms with E-state index in [2.05, 4.69) is 73.2 Å². The fourth-order valence-electron chi connectivity index (χ4n) is 6.52. The zero-order valence-electron chi connectivity index (χ0n) is 21.6. The molecule has 36 heavy (non-hydrogen) atoms. The minimum atomic E-state index is 0.109. The molecule has 2 atom stereocenters. The predicted molar refractivity (Wildman–Crippen MR) is 146 cm³/mol. The standard InChI is InChI=1S/C30H34ClN5/c1-17-18-5-7-19(8-6-18)24(17)14-23-15-26(20-9-11-21(12-10-20)30(2,3)4)34-29(33-23)27-25-13-22(31)16-32-28(25)36-35-27/h9-13,15-19,24H,5-8,14H2,1-4H3,(H,32,35,36). The maximum Gasteiger partial charge on any atom is 0.181 e. The minimum Gasteiger partial charge on any atom is -0.272 e. The van der Waals surface area contributed by atoms with Crippen LogP contribution in [0, 0.1) is 23.7 Å². The summed E-state index contributed by atoms with van der Waals surface area (Å²) in [6.07, 6.45) is 8.15. The molecule has 3 aliphatic rings. The molecule has 3 fully saturated rings. The molecule has 0 saturated heterocycles. The first-order valence-corrected chi connectivity index (χ1v) is 13.6. The van der Waals surface area contributed by atoms with Crippen molar-refractivity contribution in [1.82, 2.24) is 25.1 Å². The third-order valence-electron chi connectivity index (χ3n) is 8.71. The molecule has 3 aliphatic carbocycles. The van der Waals surface area contributed by atoms with Crippen molar-refractivity contribution in [2.75, 3.05) is 0 Å². The number of aromatic amines is 1. The Morgan fingerprint density at radius 2 is 1.69 bits per heavy atom. The molecule has 7 rings (SSSR count). The van der Waals surface area contributed by atoms with Gasteiger partial charge in [-0.1, -0.05) is 63.6 Å². The largest absolute Gasteiger partial charge is 0.272 e. The molecule has 3 heterocycles. The van der Waals surface area contributed by atoms with Crippen LogP contribution in [0.2, 0.25) is 5.02 Å². The molecular formula is C30H34ClN5. The van der Waals surface area contributed by atoms with Crippen molar-refractivity contribution in [3.63, 3.8) is 0 Å². The molecule has 1 aromatic carbocycles. The Hall–Kier alpha value is -2.79. The molecule has 1 N–H and O–H groups in total. The fraction of sp³-hybridized carbons (Fsp3) is 0.467. The van der Waals surface area contributed by atoms with Gasteiger partial charge in [0.1, 0.15) is 5.69 Å². The summed E-state index contributed by atoms with van der Waals surface area (Å²) in [6.45, 7) is 9.18. The van der Waals surface area contributed by atoms with Gasteiger partial charge in [-0.3, -0.25) is 5.10 Å². The van der Waals surface area contributed by atoms with Crippen LogP contribution in [0.4, 0.5) is 0 Å². The number of halogens is 1. The Morgan fingerprint density at radius 3 is 2.39 bits per heavy atom. The molecule has 2 unspecified atom stereocenters. The second kappa shape index (κ2) is 8.95. The van der Waals surface area contributed by atoms with Gasteiger partial charge in [0.2, 0.25) is 0 Å². The van der Waals surface area contributed by atoms with Crippen LogP contribution in [0.25, 0.3) is 33.8 Å². The van der Waals surface area contributed by atoms with E-state index in [0.29, 0.717) is 22.4 Å². The number of pyridine rings is 1. The SMILES string of the molecule is CC1C2CCC(CC2)C1Cc1cc(-c2ccc(C(C)(C)C)cc2)nc(-c2[nH]nc3ncc(Cl)cc23)n1. The number of nitrogens with zero attached hydrogens (tertiary/aromatic N) is 4. The van der Waals surface area contributed by atoms with Crippen molar-refractivity contribution >= 4 is 22.6 Å². The molecule has 0 spiro atoms. The average molecular weight is 500 g/mol. The van der Waals surface area contributed by atoms with Crippen LogP contribution in [0.1, 0.15) is 64.6 Å². The lowest BCUT2D eigenvalue weighted by molar-refractivity contribution is 0.0339. The van der Waals surface area contributed by atoms with Crippen molar-refractivity contribution < 1.29 is 0 Å². The Kier molecular flexibility index (Phi) is 5.87. The summed E-state index contributed by atoms with van der Waals surface area (Å²) in [5.41, 5.74) is 5.97. The third-order valence-corrected chi connectivity index (χ3v) is 8.92. The van der Waals surface area contributed by atoms with E-state index < -0.39 is 0 Å². The molecule has 0 aliphatic heterocycles. The molecule has 5 nitrogen and oxygen atoms in total. The summed E-state index contributed by atoms with van der Waals surface area (Å²) >= 11 is 6.28. The Bertz CT molecular complexity index is 1390. The van der Waals surface area contributed by atoms with E-state index in [-0.39, 0.29) is 5.41 Å². The number of hydrogen-bond acceptors (Lipinski definition) is 4. The number of rotatable bonds is 4. The highest BCUT2D eigenvalue weighted by atomic mass is 35.5. The highest BCUT2D eigenvalue weighted by molar-refractivity contribution is 6.31. The predicted octanol–water partition coefficient (Wildman–Crippen LogP) is 7.65. The van der Waals surface area contributed by atoms with E-state index in [1.54, 1.807) is 6.20 Å². The fourth-order valence-corrected chi connectivity index (χ4v) is 6.68. The molecule has 0 amide bonds. The van der Waals surface area contributed by atoms with Crippen LogP contribution in [0.3, 0.4) is 0 Å². The van der Waals surface area contributed by atoms with Crippen molar-refractivity contribution in [2.24, 2.45) is 23.7 Å². The Balaban J connectivity index is 1.44. The van der Waals surface area contributed by atoms with Gasteiger partial charge >= 0.3 is 0 Å². The lowest BCUT2D eigenvalue weighted by Crippen LogP contribution is -2.39. The number of benzene rings is 1. The minimum absolute atomic E-state index is 0.109. The average Bonchev–Trinajstić information content (AvgIpc) is 3.29. The molecule has 186 valence electrons. The van der Waals surface area contributed by atoms with E-state index in [1.807, 2.05) is 6.07 Å². The molecule has 4 aromatic rings. The molecular weight excluding hydrogens is 466 g/mol. The van der Waals surface area contributed by atoms with Crippen LogP contribution < -0.4 is 0 Å². The Morgan fingerprint density at radius 1 is 0.972 bits per heavy atom. The first-order valence-electron chi connectivity index (χ1n) is 13.2. The molecule has 3 aromatic heterocycles. The van der Waals surface area contributed by atoms with Crippen LogP contribution in [0.5, 0.6) is 0 Å². The van der Waals surface area contributed by atoms with E-state index >= 15 is 0 Å². The normalized spacial score (nSPS) is 23.9. The summed E-state index contributed by atoms with van der Waals surface area (Å²) in [5, 5.41) is 8.95. The summed E-state index contributed by atoms with van der Waals surface area (Å²) in [5.74, 6) is 3.78. The number of fused-ring (bicyclic) bond motifs is 4. The molecule has 0 radical (unpaired) electrons. The van der Waals surface area contributed by atoms with Crippen LogP contribution >= 0.6 is 11.6 Å². The van der Waals surface area contributed by atoms with Gasteiger partial charge < -0.3 is 0 Å². The second-order valence-electron chi connectivity index (χ2n) is 11.9. The third kappa shape index (κ3) is 4.32. The van der Waals surface area contributed by atoms with Crippen LogP contribution in [-0.2, 0) is 11.8 Å². The number of aromatic nitrogens is 5. The lowest BCUT2D eigenvalue weighted by Gasteiger charge is -2.47. The zero-order valence-corrected chi connectivity index (χ0v) is 22.3. The van der Waals surface area contributed by atoms with Gasteiger partial charge in [0, 0.05) is 17.5 Å². The van der Waals surface area contributed by atoms with E-state index in [4.69, 9.17) is 21.6 Å². The van der Waals surface area contributed by atoms with E-state index in [9.17, 15) is 0 Å². The van der Waals surface area contributed by atoms with E-state index in [1.165, 1.54) is 31.2 Å². The number of hydrogen-bond donors (Lipinski definition) is 1. The summed E-state index contributed by atoms with van der Waals surface area (Å²) in [6, 6.07) is 12.9. The van der Waals surface area contributed by atoms with Gasteiger partial charge in [0.15, 0.2) is 11.5 Å². The lowest BCUT2D eigenvalue weighted by atomic mass is 9.58. The summed E-state index contributed by atoms with van der Waals surface area (Å²) < 4.78 is 0. The maximum atomic E-state index is 6.28. The first-order chi connectivity index (χ1) is 17.3. The van der Waals surface area contributed by atoms with Crippen molar-refractivity contribution in [1.29, 1.82) is 0 Å². The smallest absolute Gasteiger partial charge is 0.181 e. The van der Waals surface area contributed by atoms with Gasteiger partial charge in [-0.2, -0.15) is 5.10 Å². The summed E-state index contributed by atoms with van der Waals surface area (Å²) in [4.78, 5) is 14.5. The quantitative estimate of drug-likeness (QED) is 0.313. The van der Waals surface area contributed by atoms with Gasteiger partial charge in [0.05, 0.1) is 16.1 Å². The number of H-pyrrole nitrogens is 1. The Labute approximate surface area is 218 Å². The maximum absolute atomic E-state index is 6.28. The van der Waals surface area contributed by atoms with Crippen LogP contribution in [-0.4, -0.2) is 25.1 Å². The van der Waals surface area contributed by atoms with Gasteiger partial charge in [-0.05, 0) is 78.9 Å². The number of nitrogens with one attached hydrogen (secondary N) is 1. The van der Waals surface area contributed by atoms with E-state index in [0.717, 1.165) is 52.2 Å². The monoisotopic (exact) mass is 499 g/mol. The van der Waals surface area contributed by atoms with Gasteiger partial charge in [0.25, 0.3) is 0 Å². The van der Waals surface area contributed by atoms with Crippen molar-refractivity contribution in [3.05, 3.63) is 58.9 Å². The zero-order chi connectivity index (χ0) is 25.0. The van der Waals surface area contributed by atoms with Gasteiger partial charge in [-0.15, -0.1) is 0 Å². The first kappa shape index (κ1) is 23.6. The van der Waals surface area contributed by atoms with Crippen LogP contribution in [0.15, 0.2) is 42.6 Å². The van der Waals surface area contributed by atoms with Crippen molar-refractivity contribution in [3.8, 4) is 22.8 Å². The molecule has 3 saturated carbocycles. The molecule has 6 heteroatoms.